The summed E-state index contributed by atoms with van der Waals surface area (Å²) in [5, 5.41) is 15.5. The van der Waals surface area contributed by atoms with Gasteiger partial charge in [0.15, 0.2) is 6.29 Å². The fraction of sp³-hybridized carbons (Fsp3) is 0.435. The Morgan fingerprint density at radius 1 is 0.855 bits per heavy atom. The third-order valence-corrected chi connectivity index (χ3v) is 11.6. The minimum atomic E-state index is -0.522. The number of hydrogen-bond acceptors (Lipinski definition) is 7. The zero-order valence-electron chi connectivity index (χ0n) is 32.4. The predicted octanol–water partition coefficient (Wildman–Crippen LogP) is 8.30. The molecule has 9 nitrogen and oxygen atoms in total. The Labute approximate surface area is 325 Å². The number of carbonyl (C=O) groups excluding carboxylic acids is 2. The van der Waals surface area contributed by atoms with E-state index in [2.05, 4.69) is 78.8 Å². The van der Waals surface area contributed by atoms with Gasteiger partial charge in [-0.15, -0.1) is 0 Å². The third kappa shape index (κ3) is 9.65. The molecule has 290 valence electrons. The molecule has 4 aromatic carbocycles. The van der Waals surface area contributed by atoms with E-state index in [0.717, 1.165) is 52.9 Å². The SMILES string of the molecule is CC1(C)CC2CC(C)(CN2C[C@H]2C[C@@H](c3ccc(CO)cc3)O[C@@H](c3ccc(-c4ccccc4CNC(=O)CCCC(=O)Nc4ccccc4N)cc3)O2)C1. The second-order valence-electron chi connectivity index (χ2n) is 17.0. The van der Waals surface area contributed by atoms with Crippen LogP contribution in [-0.4, -0.2) is 47.1 Å². The number of benzene rings is 4. The normalized spacial score (nSPS) is 24.7. The van der Waals surface area contributed by atoms with Gasteiger partial charge in [-0.05, 0) is 76.5 Å². The van der Waals surface area contributed by atoms with Crippen molar-refractivity contribution >= 4 is 23.2 Å². The number of likely N-dealkylation sites (tertiary alicyclic amines) is 1. The second kappa shape index (κ2) is 16.7. The van der Waals surface area contributed by atoms with E-state index in [-0.39, 0.29) is 43.5 Å². The number of nitrogens with zero attached hydrogens (tertiary/aromatic N) is 1. The first-order chi connectivity index (χ1) is 26.5. The first-order valence-corrected chi connectivity index (χ1v) is 19.8. The van der Waals surface area contributed by atoms with Crippen LogP contribution in [0.3, 0.4) is 0 Å². The topological polar surface area (TPSA) is 126 Å². The van der Waals surface area contributed by atoms with Crippen LogP contribution in [-0.2, 0) is 32.2 Å². The minimum absolute atomic E-state index is 0.00777. The molecule has 7 rings (SSSR count). The number of anilines is 2. The molecule has 1 aliphatic carbocycles. The highest BCUT2D eigenvalue weighted by molar-refractivity contribution is 5.94. The van der Waals surface area contributed by atoms with Gasteiger partial charge in [-0.3, -0.25) is 14.5 Å². The third-order valence-electron chi connectivity index (χ3n) is 11.6. The molecule has 9 heteroatoms. The van der Waals surface area contributed by atoms with Gasteiger partial charge in [-0.1, -0.05) is 106 Å². The first-order valence-electron chi connectivity index (χ1n) is 19.8. The van der Waals surface area contributed by atoms with Gasteiger partial charge < -0.3 is 30.9 Å². The fourth-order valence-corrected chi connectivity index (χ4v) is 9.38. The van der Waals surface area contributed by atoms with Gasteiger partial charge >= 0.3 is 0 Å². The van der Waals surface area contributed by atoms with E-state index in [0.29, 0.717) is 41.2 Å². The Bertz CT molecular complexity index is 1950. The van der Waals surface area contributed by atoms with Crippen LogP contribution in [0.2, 0.25) is 0 Å². The lowest BCUT2D eigenvalue weighted by Crippen LogP contribution is -2.42. The number of amides is 2. The van der Waals surface area contributed by atoms with Crippen molar-refractivity contribution in [2.24, 2.45) is 10.8 Å². The van der Waals surface area contributed by atoms with Crippen molar-refractivity contribution in [3.8, 4) is 11.1 Å². The molecule has 0 radical (unpaired) electrons. The van der Waals surface area contributed by atoms with Crippen LogP contribution in [0, 0.1) is 10.8 Å². The Morgan fingerprint density at radius 3 is 2.33 bits per heavy atom. The quantitative estimate of drug-likeness (QED) is 0.102. The van der Waals surface area contributed by atoms with E-state index in [4.69, 9.17) is 15.2 Å². The molecule has 3 aliphatic rings. The van der Waals surface area contributed by atoms with Crippen LogP contribution in [0.1, 0.15) is 100 Å². The molecule has 2 bridgehead atoms. The Morgan fingerprint density at radius 2 is 1.56 bits per heavy atom. The number of ether oxygens (including phenoxy) is 2. The van der Waals surface area contributed by atoms with Crippen LogP contribution in [0.15, 0.2) is 97.1 Å². The van der Waals surface area contributed by atoms with Crippen LogP contribution in [0.25, 0.3) is 11.1 Å². The maximum atomic E-state index is 12.8. The monoisotopic (exact) mass is 744 g/mol. The van der Waals surface area contributed by atoms with E-state index >= 15 is 0 Å². The van der Waals surface area contributed by atoms with Crippen molar-refractivity contribution < 1.29 is 24.2 Å². The summed E-state index contributed by atoms with van der Waals surface area (Å²) in [6.45, 7) is 9.68. The van der Waals surface area contributed by atoms with Gasteiger partial charge in [0.2, 0.25) is 11.8 Å². The molecule has 2 aliphatic heterocycles. The van der Waals surface area contributed by atoms with Gasteiger partial charge in [0, 0.05) is 50.5 Å². The zero-order chi connectivity index (χ0) is 38.6. The summed E-state index contributed by atoms with van der Waals surface area (Å²) in [5.41, 5.74) is 13.7. The van der Waals surface area contributed by atoms with Gasteiger partial charge in [0.25, 0.3) is 0 Å². The summed E-state index contributed by atoms with van der Waals surface area (Å²) in [6.07, 6.45) is 4.77. The summed E-state index contributed by atoms with van der Waals surface area (Å²) >= 11 is 0. The number of carbonyl (C=O) groups is 2. The summed E-state index contributed by atoms with van der Waals surface area (Å²) < 4.78 is 13.5. The highest BCUT2D eigenvalue weighted by atomic mass is 16.7. The van der Waals surface area contributed by atoms with Crippen molar-refractivity contribution in [3.05, 3.63) is 119 Å². The van der Waals surface area contributed by atoms with E-state index in [9.17, 15) is 14.7 Å². The van der Waals surface area contributed by atoms with Crippen LogP contribution in [0.4, 0.5) is 11.4 Å². The van der Waals surface area contributed by atoms with Crippen molar-refractivity contribution in [1.82, 2.24) is 10.2 Å². The molecule has 0 spiro atoms. The molecule has 2 amide bonds. The average molecular weight is 745 g/mol. The molecule has 1 saturated carbocycles. The second-order valence-corrected chi connectivity index (χ2v) is 17.0. The van der Waals surface area contributed by atoms with Crippen LogP contribution < -0.4 is 16.4 Å². The summed E-state index contributed by atoms with van der Waals surface area (Å²) in [6, 6.07) is 32.2. The number of aliphatic hydroxyl groups is 1. The Hall–Kier alpha value is -4.54. The fourth-order valence-electron chi connectivity index (χ4n) is 9.38. The highest BCUT2D eigenvalue weighted by Gasteiger charge is 2.50. The molecule has 2 unspecified atom stereocenters. The molecule has 2 heterocycles. The largest absolute Gasteiger partial charge is 0.397 e. The maximum Gasteiger partial charge on any atom is 0.224 e. The number of nitrogen functional groups attached to an aromatic ring is 1. The van der Waals surface area contributed by atoms with Crippen LogP contribution in [0.5, 0.6) is 0 Å². The van der Waals surface area contributed by atoms with E-state index < -0.39 is 6.29 Å². The summed E-state index contributed by atoms with van der Waals surface area (Å²) in [4.78, 5) is 27.8. The van der Waals surface area contributed by atoms with Gasteiger partial charge in [-0.2, -0.15) is 0 Å². The predicted molar refractivity (Wildman–Crippen MR) is 217 cm³/mol. The van der Waals surface area contributed by atoms with Gasteiger partial charge in [0.1, 0.15) is 0 Å². The van der Waals surface area contributed by atoms with E-state index in [1.165, 1.54) is 19.3 Å². The number of para-hydroxylation sites is 2. The molecule has 5 atom stereocenters. The molecule has 4 aromatic rings. The first kappa shape index (κ1) is 38.7. The number of nitrogens with two attached hydrogens (primary N) is 1. The molecule has 2 saturated heterocycles. The van der Waals surface area contributed by atoms with E-state index in [1.54, 1.807) is 12.1 Å². The Balaban J connectivity index is 0.992. The van der Waals surface area contributed by atoms with Crippen LogP contribution >= 0.6 is 0 Å². The molecule has 0 aromatic heterocycles. The van der Waals surface area contributed by atoms with Crippen molar-refractivity contribution in [3.63, 3.8) is 0 Å². The van der Waals surface area contributed by atoms with Crippen molar-refractivity contribution in [2.75, 3.05) is 24.1 Å². The van der Waals surface area contributed by atoms with Gasteiger partial charge in [-0.25, -0.2) is 0 Å². The maximum absolute atomic E-state index is 12.8. The summed E-state index contributed by atoms with van der Waals surface area (Å²) in [7, 11) is 0. The van der Waals surface area contributed by atoms with Crippen molar-refractivity contribution in [2.45, 2.75) is 103 Å². The van der Waals surface area contributed by atoms with Crippen molar-refractivity contribution in [1.29, 1.82) is 0 Å². The molecule has 5 N–H and O–H groups in total. The standard InChI is InChI=1S/C46H56N4O5/c1-45(2)24-36-25-46(3,29-45)30-50(36)27-37-23-41(33-17-15-31(28-51)16-18-33)55-44(54-37)34-21-19-32(20-22-34)38-10-5-4-9-35(38)26-48-42(52)13-8-14-43(53)49-40-12-7-6-11-39(40)47/h4-7,9-12,15-22,36-37,41,44,51H,8,13-14,23-30,47H2,1-3H3,(H,48,52)(H,49,53)/t36?,37-,41+,44+,46?/m1/s1. The number of hydrogen-bond donors (Lipinski definition) is 4. The average Bonchev–Trinajstić information content (AvgIpc) is 3.41. The lowest BCUT2D eigenvalue weighted by Gasteiger charge is -2.41. The zero-order valence-corrected chi connectivity index (χ0v) is 32.4. The number of nitrogens with one attached hydrogen (secondary N) is 2. The number of rotatable bonds is 13. The smallest absolute Gasteiger partial charge is 0.224 e. The van der Waals surface area contributed by atoms with Gasteiger partial charge in [0.05, 0.1) is 30.2 Å². The Kier molecular flexibility index (Phi) is 11.7. The molecular formula is C46H56N4O5. The minimum Gasteiger partial charge on any atom is -0.397 e. The lowest BCUT2D eigenvalue weighted by molar-refractivity contribution is -0.253. The highest BCUT2D eigenvalue weighted by Crippen LogP contribution is 2.53. The molecule has 3 fully saturated rings. The number of fused-ring (bicyclic) bond motifs is 2. The molecular weight excluding hydrogens is 689 g/mol. The molecule has 55 heavy (non-hydrogen) atoms. The number of aliphatic hydroxyl groups excluding tert-OH is 1. The summed E-state index contributed by atoms with van der Waals surface area (Å²) in [5.74, 6) is -0.271. The van der Waals surface area contributed by atoms with E-state index in [1.807, 2.05) is 42.5 Å². The lowest BCUT2D eigenvalue weighted by atomic mass is 9.65.